The van der Waals surface area contributed by atoms with Crippen LogP contribution >= 0.6 is 0 Å². The van der Waals surface area contributed by atoms with Gasteiger partial charge in [0.05, 0.1) is 0 Å². The summed E-state index contributed by atoms with van der Waals surface area (Å²) in [5.74, 6) is -1.000. The monoisotopic (exact) mass is 793 g/mol. The third-order valence-electron chi connectivity index (χ3n) is 9.51. The van der Waals surface area contributed by atoms with Crippen LogP contribution in [-0.4, -0.2) is 37.2 Å². The van der Waals surface area contributed by atoms with E-state index in [1.54, 1.807) is 0 Å². The first-order valence-corrected chi connectivity index (χ1v) is 23.2. The Bertz CT molecular complexity index is 1140. The molecule has 57 heavy (non-hydrogen) atoms. The largest absolute Gasteiger partial charge is 0.462 e. The maximum Gasteiger partial charge on any atom is 0.306 e. The van der Waals surface area contributed by atoms with Crippen molar-refractivity contribution in [1.82, 2.24) is 0 Å². The molecule has 0 amide bonds. The van der Waals surface area contributed by atoms with Crippen molar-refractivity contribution in [3.05, 3.63) is 85.1 Å². The topological polar surface area (TPSA) is 78.9 Å². The van der Waals surface area contributed by atoms with Crippen molar-refractivity contribution in [3.8, 4) is 0 Å². The molecule has 0 bridgehead atoms. The van der Waals surface area contributed by atoms with Gasteiger partial charge >= 0.3 is 17.9 Å². The van der Waals surface area contributed by atoms with Crippen LogP contribution in [0.4, 0.5) is 0 Å². The van der Waals surface area contributed by atoms with Crippen LogP contribution < -0.4 is 0 Å². The maximum absolute atomic E-state index is 12.7. The Hall–Kier alpha value is -3.41. The zero-order valence-corrected chi connectivity index (χ0v) is 36.8. The molecule has 324 valence electrons. The fourth-order valence-corrected chi connectivity index (χ4v) is 6.03. The quantitative estimate of drug-likeness (QED) is 0.0202. The van der Waals surface area contributed by atoms with E-state index in [2.05, 4.69) is 51.2 Å². The molecule has 0 aliphatic heterocycles. The van der Waals surface area contributed by atoms with Crippen LogP contribution in [-0.2, 0) is 28.6 Å². The molecule has 6 nitrogen and oxygen atoms in total. The maximum atomic E-state index is 12.7. The summed E-state index contributed by atoms with van der Waals surface area (Å²) in [6, 6.07) is 0. The van der Waals surface area contributed by atoms with Gasteiger partial charge in [-0.2, -0.15) is 0 Å². The summed E-state index contributed by atoms with van der Waals surface area (Å²) in [5.41, 5.74) is 0. The Balaban J connectivity index is 4.46. The van der Waals surface area contributed by atoms with Crippen molar-refractivity contribution >= 4 is 17.9 Å². The first-order chi connectivity index (χ1) is 28.0. The smallest absolute Gasteiger partial charge is 0.306 e. The highest BCUT2D eigenvalue weighted by Gasteiger charge is 2.19. The molecule has 0 saturated carbocycles. The van der Waals surface area contributed by atoms with Gasteiger partial charge < -0.3 is 14.2 Å². The lowest BCUT2D eigenvalue weighted by atomic mass is 10.1. The summed E-state index contributed by atoms with van der Waals surface area (Å²) in [6.45, 7) is 6.36. The number of hydrogen-bond acceptors (Lipinski definition) is 6. The molecule has 1 atom stereocenters. The first-order valence-electron chi connectivity index (χ1n) is 23.2. The van der Waals surface area contributed by atoms with E-state index in [-0.39, 0.29) is 37.5 Å². The van der Waals surface area contributed by atoms with Crippen molar-refractivity contribution in [2.45, 2.75) is 207 Å². The summed E-state index contributed by atoms with van der Waals surface area (Å²) in [6.07, 6.45) is 57.2. The van der Waals surface area contributed by atoms with Crippen LogP contribution in [0.3, 0.4) is 0 Å². The number of unbranched alkanes of at least 4 members (excludes halogenated alkanes) is 19. The molecule has 0 radical (unpaired) electrons. The van der Waals surface area contributed by atoms with E-state index in [4.69, 9.17) is 14.2 Å². The summed E-state index contributed by atoms with van der Waals surface area (Å²) in [7, 11) is 0. The summed E-state index contributed by atoms with van der Waals surface area (Å²) < 4.78 is 16.6. The molecule has 0 rings (SSSR count). The second kappa shape index (κ2) is 45.3. The normalized spacial score (nSPS) is 12.8. The highest BCUT2D eigenvalue weighted by molar-refractivity contribution is 5.71. The minimum Gasteiger partial charge on any atom is -0.462 e. The van der Waals surface area contributed by atoms with Crippen LogP contribution in [0.2, 0.25) is 0 Å². The first kappa shape index (κ1) is 53.6. The average molecular weight is 793 g/mol. The molecule has 0 aromatic carbocycles. The van der Waals surface area contributed by atoms with Gasteiger partial charge in [-0.3, -0.25) is 14.4 Å². The summed E-state index contributed by atoms with van der Waals surface area (Å²) >= 11 is 0. The van der Waals surface area contributed by atoms with E-state index in [0.717, 1.165) is 64.2 Å². The highest BCUT2D eigenvalue weighted by atomic mass is 16.6. The molecule has 6 heteroatoms. The lowest BCUT2D eigenvalue weighted by Gasteiger charge is -2.18. The van der Waals surface area contributed by atoms with Gasteiger partial charge in [-0.1, -0.05) is 202 Å². The molecular formula is C51H84O6. The molecule has 0 N–H and O–H groups in total. The second-order valence-corrected chi connectivity index (χ2v) is 15.1. The molecule has 0 saturated heterocycles. The Labute approximate surface area is 350 Å². The Kier molecular flexibility index (Phi) is 42.6. The van der Waals surface area contributed by atoms with Crippen molar-refractivity contribution in [2.75, 3.05) is 13.2 Å². The van der Waals surface area contributed by atoms with Crippen LogP contribution in [0, 0.1) is 0 Å². The SMILES string of the molecule is CC\C=C/C=C\C=C/C=C\C=C/CCCC(=O)OC(COC(=O)CCCCCCCCC/C=C\C/C=C\CCCCC)COC(=O)CCCCCCCCCCC. The molecule has 0 heterocycles. The number of carbonyl (C=O) groups is 3. The van der Waals surface area contributed by atoms with Gasteiger partial charge in [0.15, 0.2) is 6.10 Å². The van der Waals surface area contributed by atoms with Crippen LogP contribution in [0.5, 0.6) is 0 Å². The number of hydrogen-bond donors (Lipinski definition) is 0. The molecule has 0 aromatic heterocycles. The third-order valence-corrected chi connectivity index (χ3v) is 9.51. The van der Waals surface area contributed by atoms with Gasteiger partial charge in [-0.15, -0.1) is 0 Å². The minimum absolute atomic E-state index is 0.108. The molecule has 0 fully saturated rings. The third kappa shape index (κ3) is 43.6. The minimum atomic E-state index is -0.813. The lowest BCUT2D eigenvalue weighted by Crippen LogP contribution is -2.30. The number of carbonyl (C=O) groups excluding carboxylic acids is 3. The lowest BCUT2D eigenvalue weighted by molar-refractivity contribution is -0.167. The van der Waals surface area contributed by atoms with Gasteiger partial charge in [-0.05, 0) is 64.2 Å². The average Bonchev–Trinajstić information content (AvgIpc) is 3.21. The van der Waals surface area contributed by atoms with Crippen LogP contribution in [0.1, 0.15) is 201 Å². The standard InChI is InChI=1S/C51H84O6/c1-4-7-10-13-16-19-21-23-24-25-26-28-29-32-35-38-41-44-50(53)56-47-48(46-55-49(52)43-40-37-34-31-18-15-12-9-6-3)57-51(54)45-42-39-36-33-30-27-22-20-17-14-11-8-5-2/h8,11,14,16-17,19-20,22-24,27,30,33,36,48H,4-7,9-10,12-13,15,18,21,25-26,28-29,31-32,34-35,37-47H2,1-3H3/b11-8-,17-14-,19-16-,22-20-,24-23-,30-27-,36-33-. The molecule has 1 unspecified atom stereocenters. The molecule has 0 aliphatic carbocycles. The van der Waals surface area contributed by atoms with Crippen LogP contribution in [0.25, 0.3) is 0 Å². The number of ether oxygens (including phenoxy) is 3. The van der Waals surface area contributed by atoms with E-state index in [9.17, 15) is 14.4 Å². The van der Waals surface area contributed by atoms with Gasteiger partial charge in [0.25, 0.3) is 0 Å². The fourth-order valence-electron chi connectivity index (χ4n) is 6.03. The van der Waals surface area contributed by atoms with Gasteiger partial charge in [0.1, 0.15) is 13.2 Å². The predicted molar refractivity (Wildman–Crippen MR) is 242 cm³/mol. The number of esters is 3. The number of rotatable bonds is 40. The summed E-state index contributed by atoms with van der Waals surface area (Å²) in [5, 5.41) is 0. The fraction of sp³-hybridized carbons (Fsp3) is 0.667. The zero-order valence-electron chi connectivity index (χ0n) is 36.8. The number of allylic oxidation sites excluding steroid dienone is 14. The molecule has 0 aromatic rings. The van der Waals surface area contributed by atoms with E-state index < -0.39 is 6.10 Å². The van der Waals surface area contributed by atoms with Gasteiger partial charge in [-0.25, -0.2) is 0 Å². The Morgan fingerprint density at radius 3 is 1.28 bits per heavy atom. The van der Waals surface area contributed by atoms with Gasteiger partial charge in [0, 0.05) is 19.3 Å². The highest BCUT2D eigenvalue weighted by Crippen LogP contribution is 2.13. The Morgan fingerprint density at radius 1 is 0.386 bits per heavy atom. The van der Waals surface area contributed by atoms with Crippen molar-refractivity contribution in [3.63, 3.8) is 0 Å². The van der Waals surface area contributed by atoms with Crippen molar-refractivity contribution in [1.29, 1.82) is 0 Å². The Morgan fingerprint density at radius 2 is 0.772 bits per heavy atom. The van der Waals surface area contributed by atoms with E-state index in [1.807, 2.05) is 54.7 Å². The van der Waals surface area contributed by atoms with Crippen molar-refractivity contribution < 1.29 is 28.6 Å². The molecule has 0 aliphatic rings. The molecule has 0 spiro atoms. The summed E-state index contributed by atoms with van der Waals surface area (Å²) in [4.78, 5) is 37.7. The van der Waals surface area contributed by atoms with Crippen molar-refractivity contribution in [2.24, 2.45) is 0 Å². The van der Waals surface area contributed by atoms with Gasteiger partial charge in [0.2, 0.25) is 0 Å². The van der Waals surface area contributed by atoms with E-state index in [1.165, 1.54) is 89.9 Å². The zero-order chi connectivity index (χ0) is 41.5. The van der Waals surface area contributed by atoms with Crippen LogP contribution in [0.15, 0.2) is 85.1 Å². The predicted octanol–water partition coefficient (Wildman–Crippen LogP) is 14.9. The van der Waals surface area contributed by atoms with E-state index in [0.29, 0.717) is 19.3 Å². The molecular weight excluding hydrogens is 709 g/mol. The van der Waals surface area contributed by atoms with E-state index >= 15 is 0 Å². The second-order valence-electron chi connectivity index (χ2n) is 15.1.